The average molecular weight is 751 g/mol. The number of anilines is 3. The molecule has 9 aromatic rings. The lowest BCUT2D eigenvalue weighted by atomic mass is 9.33. The molecule has 7 aromatic carbocycles. The summed E-state index contributed by atoms with van der Waals surface area (Å²) in [4.78, 5) is 8.11. The van der Waals surface area contributed by atoms with Crippen molar-refractivity contribution in [2.24, 2.45) is 0 Å². The predicted molar refractivity (Wildman–Crippen MR) is 247 cm³/mol. The Balaban J connectivity index is 1.25. The van der Waals surface area contributed by atoms with Gasteiger partial charge in [0.1, 0.15) is 5.82 Å². The fourth-order valence-corrected chi connectivity index (χ4v) is 10.00. The Hall–Kier alpha value is -6.33. The Labute approximate surface area is 341 Å². The molecule has 0 saturated carbocycles. The van der Waals surface area contributed by atoms with Crippen LogP contribution in [0.25, 0.3) is 55.6 Å². The van der Waals surface area contributed by atoms with Crippen LogP contribution in [0.3, 0.4) is 0 Å². The zero-order valence-corrected chi connectivity index (χ0v) is 34.6. The second-order valence-corrected chi connectivity index (χ2v) is 18.6. The van der Waals surface area contributed by atoms with Gasteiger partial charge in [-0.05, 0) is 118 Å². The number of hydrogen-bond acceptors (Lipinski definition) is 2. The molecule has 0 fully saturated rings. The van der Waals surface area contributed by atoms with Crippen molar-refractivity contribution in [3.8, 4) is 22.8 Å². The third-order valence-corrected chi connectivity index (χ3v) is 12.9. The minimum Gasteiger partial charge on any atom is -0.311 e. The molecule has 0 unspecified atom stereocenters. The molecule has 4 heterocycles. The molecule has 0 aliphatic carbocycles. The minimum absolute atomic E-state index is 0.0123. The highest BCUT2D eigenvalue weighted by molar-refractivity contribution is 7.00. The first-order valence-electron chi connectivity index (χ1n) is 20.7. The highest BCUT2D eigenvalue weighted by Gasteiger charge is 2.43. The third kappa shape index (κ3) is 4.92. The summed E-state index contributed by atoms with van der Waals surface area (Å²) in [7, 11) is 0. The van der Waals surface area contributed by atoms with Crippen molar-refractivity contribution in [2.75, 3.05) is 4.90 Å². The number of imidazole rings is 1. The summed E-state index contributed by atoms with van der Waals surface area (Å²) in [5.41, 5.74) is 20.8. The second-order valence-electron chi connectivity index (χ2n) is 18.6. The van der Waals surface area contributed by atoms with E-state index in [2.05, 4.69) is 209 Å². The van der Waals surface area contributed by atoms with Crippen LogP contribution in [-0.4, -0.2) is 20.8 Å². The van der Waals surface area contributed by atoms with E-state index in [0.29, 0.717) is 0 Å². The number of para-hydroxylation sites is 2. The van der Waals surface area contributed by atoms with Crippen molar-refractivity contribution in [3.05, 3.63) is 162 Å². The summed E-state index contributed by atoms with van der Waals surface area (Å²) in [5, 5.41) is 2.53. The molecule has 2 aliphatic heterocycles. The van der Waals surface area contributed by atoms with E-state index in [9.17, 15) is 0 Å². The highest BCUT2D eigenvalue weighted by Crippen LogP contribution is 2.43. The van der Waals surface area contributed by atoms with Crippen LogP contribution in [0.2, 0.25) is 0 Å². The largest absolute Gasteiger partial charge is 0.311 e. The molecule has 5 heteroatoms. The number of aromatic nitrogens is 3. The van der Waals surface area contributed by atoms with Crippen molar-refractivity contribution in [3.63, 3.8) is 0 Å². The first-order chi connectivity index (χ1) is 27.9. The number of hydrogen-bond donors (Lipinski definition) is 0. The molecule has 2 aliphatic rings. The smallest absolute Gasteiger partial charge is 0.252 e. The molecular formula is C53H47BN4. The van der Waals surface area contributed by atoms with Crippen LogP contribution in [0, 0.1) is 13.8 Å². The maximum atomic E-state index is 5.59. The first-order valence-corrected chi connectivity index (χ1v) is 20.7. The second kappa shape index (κ2) is 12.1. The predicted octanol–water partition coefficient (Wildman–Crippen LogP) is 11.6. The quantitative estimate of drug-likeness (QED) is 0.168. The van der Waals surface area contributed by atoms with Gasteiger partial charge in [-0.25, -0.2) is 4.98 Å². The molecule has 0 N–H and O–H groups in total. The lowest BCUT2D eigenvalue weighted by Crippen LogP contribution is -2.60. The third-order valence-electron chi connectivity index (χ3n) is 12.9. The van der Waals surface area contributed by atoms with Gasteiger partial charge in [0.2, 0.25) is 0 Å². The molecule has 0 bridgehead atoms. The van der Waals surface area contributed by atoms with Crippen molar-refractivity contribution < 1.29 is 0 Å². The average Bonchev–Trinajstić information content (AvgIpc) is 3.75. The number of aryl methyl sites for hydroxylation is 2. The maximum absolute atomic E-state index is 5.59. The summed E-state index contributed by atoms with van der Waals surface area (Å²) in [6, 6.07) is 52.5. The Morgan fingerprint density at radius 1 is 0.500 bits per heavy atom. The molecule has 0 atom stereocenters. The van der Waals surface area contributed by atoms with Gasteiger partial charge < -0.3 is 9.47 Å². The van der Waals surface area contributed by atoms with E-state index in [-0.39, 0.29) is 17.5 Å². The standard InChI is InChI=1S/C53H47BN4/c1-32-15-13-16-33(2)48(32)51-55-42-30-35(53(6,7)8)29-41-50(42)58(51)46-22-14-21-45-49(46)54(41)40-28-27-37(31-47(40)56(45)36-25-23-34(24-26-36)52(3,4)5)57-43-19-11-9-17-38(43)39-18-10-12-20-44(39)57/h9-31H,1-8H3. The monoisotopic (exact) mass is 750 g/mol. The van der Waals surface area contributed by atoms with Crippen LogP contribution >= 0.6 is 0 Å². The van der Waals surface area contributed by atoms with Gasteiger partial charge in [-0.2, -0.15) is 0 Å². The summed E-state index contributed by atoms with van der Waals surface area (Å²) in [6.07, 6.45) is 0. The Morgan fingerprint density at radius 2 is 1.10 bits per heavy atom. The van der Waals surface area contributed by atoms with Gasteiger partial charge in [0.25, 0.3) is 6.71 Å². The fourth-order valence-electron chi connectivity index (χ4n) is 10.00. The molecule has 0 saturated heterocycles. The zero-order chi connectivity index (χ0) is 39.8. The van der Waals surface area contributed by atoms with Gasteiger partial charge in [-0.15, -0.1) is 0 Å². The van der Waals surface area contributed by atoms with Crippen LogP contribution in [0.5, 0.6) is 0 Å². The Kier molecular flexibility index (Phi) is 7.28. The highest BCUT2D eigenvalue weighted by atomic mass is 15.2. The van der Waals surface area contributed by atoms with Gasteiger partial charge in [-0.3, -0.25) is 4.57 Å². The van der Waals surface area contributed by atoms with E-state index >= 15 is 0 Å². The fraction of sp³-hybridized carbons (Fsp3) is 0.189. The van der Waals surface area contributed by atoms with Crippen LogP contribution in [0.4, 0.5) is 17.1 Å². The summed E-state index contributed by atoms with van der Waals surface area (Å²) in [6.45, 7) is 18.3. The van der Waals surface area contributed by atoms with Crippen LogP contribution in [-0.2, 0) is 10.8 Å². The van der Waals surface area contributed by atoms with Crippen LogP contribution in [0.15, 0.2) is 140 Å². The molecule has 0 radical (unpaired) electrons. The zero-order valence-electron chi connectivity index (χ0n) is 34.6. The SMILES string of the molecule is Cc1cccc(C)c1-c1nc2cc(C(C)(C)C)cc3c2n1-c1cccc2c1B3c1ccc(-n3c4ccccc4c4ccccc43)cc1N2c1ccc(C(C)(C)C)cc1. The normalized spacial score (nSPS) is 13.4. The molecule has 11 rings (SSSR count). The number of rotatable bonds is 3. The minimum atomic E-state index is -0.0638. The van der Waals surface area contributed by atoms with E-state index in [0.717, 1.165) is 22.7 Å². The van der Waals surface area contributed by atoms with Crippen molar-refractivity contribution in [1.82, 2.24) is 14.1 Å². The molecule has 58 heavy (non-hydrogen) atoms. The van der Waals surface area contributed by atoms with Crippen molar-refractivity contribution in [1.29, 1.82) is 0 Å². The molecule has 282 valence electrons. The van der Waals surface area contributed by atoms with Gasteiger partial charge in [-0.1, -0.05) is 126 Å². The lowest BCUT2D eigenvalue weighted by Gasteiger charge is -2.41. The van der Waals surface area contributed by atoms with Gasteiger partial charge in [0.05, 0.1) is 22.1 Å². The molecule has 0 amide bonds. The topological polar surface area (TPSA) is 26.0 Å². The molecular weight excluding hydrogens is 703 g/mol. The number of nitrogens with zero attached hydrogens (tertiary/aromatic N) is 4. The van der Waals surface area contributed by atoms with Crippen LogP contribution in [0.1, 0.15) is 63.8 Å². The van der Waals surface area contributed by atoms with Crippen LogP contribution < -0.4 is 21.3 Å². The van der Waals surface area contributed by atoms with E-state index in [1.165, 1.54) is 88.6 Å². The van der Waals surface area contributed by atoms with E-state index in [1.54, 1.807) is 0 Å². The first kappa shape index (κ1) is 34.9. The van der Waals surface area contributed by atoms with E-state index in [4.69, 9.17) is 4.98 Å². The Morgan fingerprint density at radius 3 is 1.76 bits per heavy atom. The summed E-state index contributed by atoms with van der Waals surface area (Å²) < 4.78 is 4.93. The number of benzene rings is 7. The number of fused-ring (bicyclic) bond motifs is 7. The molecule has 0 spiro atoms. The molecule has 4 nitrogen and oxygen atoms in total. The van der Waals surface area contributed by atoms with E-state index in [1.807, 2.05) is 0 Å². The molecule has 2 aromatic heterocycles. The summed E-state index contributed by atoms with van der Waals surface area (Å²) in [5.74, 6) is 1.01. The maximum Gasteiger partial charge on any atom is 0.252 e. The van der Waals surface area contributed by atoms with E-state index < -0.39 is 0 Å². The van der Waals surface area contributed by atoms with Gasteiger partial charge in [0, 0.05) is 44.8 Å². The summed E-state index contributed by atoms with van der Waals surface area (Å²) >= 11 is 0. The lowest BCUT2D eigenvalue weighted by molar-refractivity contribution is 0.590. The van der Waals surface area contributed by atoms with Crippen molar-refractivity contribution >= 4 is 73.0 Å². The van der Waals surface area contributed by atoms with Crippen molar-refractivity contribution in [2.45, 2.75) is 66.2 Å². The Bertz CT molecular complexity index is 3090. The van der Waals surface area contributed by atoms with Gasteiger partial charge in [0.15, 0.2) is 0 Å². The van der Waals surface area contributed by atoms with Gasteiger partial charge >= 0.3 is 0 Å².